The van der Waals surface area contributed by atoms with E-state index in [-0.39, 0.29) is 0 Å². The van der Waals surface area contributed by atoms with Crippen LogP contribution in [0.2, 0.25) is 0 Å². The first kappa shape index (κ1) is 13.8. The van der Waals surface area contributed by atoms with E-state index in [0.29, 0.717) is 5.54 Å². The Hall–Kier alpha value is -1.16. The molecule has 3 nitrogen and oxygen atoms in total. The second kappa shape index (κ2) is 6.08. The van der Waals surface area contributed by atoms with E-state index < -0.39 is 0 Å². The Morgan fingerprint density at radius 1 is 1.30 bits per heavy atom. The first-order chi connectivity index (χ1) is 9.80. The van der Waals surface area contributed by atoms with Gasteiger partial charge in [-0.15, -0.1) is 0 Å². The molecule has 1 aromatic rings. The minimum Gasteiger partial charge on any atom is -0.497 e. The number of nitrogens with one attached hydrogen (secondary N) is 1. The molecule has 1 aliphatic heterocycles. The molecule has 0 atom stereocenters. The molecule has 20 heavy (non-hydrogen) atoms. The number of methoxy groups -OCH3 is 1. The third-order valence-electron chi connectivity index (χ3n) is 4.21. The number of ether oxygens (including phenoxy) is 1. The summed E-state index contributed by atoms with van der Waals surface area (Å²) < 4.78 is 5.25. The largest absolute Gasteiger partial charge is 0.497 e. The fraction of sp³-hybridized carbons (Fsp3) is 0.562. The molecular weight excluding hydrogens is 268 g/mol. The maximum absolute atomic E-state index is 5.25. The highest BCUT2D eigenvalue weighted by Crippen LogP contribution is 2.36. The molecule has 4 heteroatoms. The predicted molar refractivity (Wildman–Crippen MR) is 85.5 cm³/mol. The van der Waals surface area contributed by atoms with Crippen molar-refractivity contribution in [1.82, 2.24) is 5.32 Å². The summed E-state index contributed by atoms with van der Waals surface area (Å²) >= 11 is 1.88. The van der Waals surface area contributed by atoms with Crippen LogP contribution in [0.3, 0.4) is 0 Å². The summed E-state index contributed by atoms with van der Waals surface area (Å²) in [6.45, 7) is 0.725. The maximum Gasteiger partial charge on any atom is 0.157 e. The number of hydrogen-bond acceptors (Lipinski definition) is 3. The summed E-state index contributed by atoms with van der Waals surface area (Å²) in [6, 6.07) is 8.14. The normalized spacial score (nSPS) is 22.9. The molecule has 0 bridgehead atoms. The zero-order chi connectivity index (χ0) is 13.8. The van der Waals surface area contributed by atoms with Crippen molar-refractivity contribution >= 4 is 16.9 Å². The average molecular weight is 290 g/mol. The van der Waals surface area contributed by atoms with Crippen LogP contribution in [0.5, 0.6) is 5.75 Å². The van der Waals surface area contributed by atoms with Gasteiger partial charge in [-0.1, -0.05) is 43.2 Å². The Kier molecular flexibility index (Phi) is 4.20. The Bertz CT molecular complexity index is 495. The molecule has 1 spiro atoms. The average Bonchev–Trinajstić information content (AvgIpc) is 2.89. The Labute approximate surface area is 125 Å². The molecule has 1 saturated carbocycles. The second-order valence-corrected chi connectivity index (χ2v) is 6.69. The van der Waals surface area contributed by atoms with Crippen molar-refractivity contribution in [1.29, 1.82) is 0 Å². The Morgan fingerprint density at radius 2 is 2.15 bits per heavy atom. The summed E-state index contributed by atoms with van der Waals surface area (Å²) in [4.78, 5) is 4.73. The standard InChI is InChI=1S/C16H22N2OS/c1-19-14-7-5-6-13(10-14)11-17-15-18-16(12-20-15)8-3-2-4-9-16/h5-7,10H,2-4,8-9,11-12H2,1H3,(H,17,18). The van der Waals surface area contributed by atoms with Crippen LogP contribution >= 0.6 is 11.8 Å². The lowest BCUT2D eigenvalue weighted by Crippen LogP contribution is -2.45. The van der Waals surface area contributed by atoms with Crippen molar-refractivity contribution in [3.63, 3.8) is 0 Å². The highest BCUT2D eigenvalue weighted by Gasteiger charge is 2.37. The van der Waals surface area contributed by atoms with Crippen LogP contribution in [0.15, 0.2) is 29.3 Å². The lowest BCUT2D eigenvalue weighted by Gasteiger charge is -2.32. The summed E-state index contributed by atoms with van der Waals surface area (Å²) in [5.74, 6) is 2.09. The van der Waals surface area contributed by atoms with Gasteiger partial charge in [0.05, 0.1) is 13.7 Å². The zero-order valence-electron chi connectivity index (χ0n) is 12.0. The molecule has 1 aliphatic carbocycles. The van der Waals surface area contributed by atoms with Gasteiger partial charge >= 0.3 is 0 Å². The van der Waals surface area contributed by atoms with E-state index in [1.54, 1.807) is 7.11 Å². The molecular formula is C16H22N2OS. The third kappa shape index (κ3) is 3.11. The van der Waals surface area contributed by atoms with Crippen molar-refractivity contribution < 1.29 is 4.74 Å². The van der Waals surface area contributed by atoms with Gasteiger partial charge in [0.1, 0.15) is 5.75 Å². The molecule has 1 saturated heterocycles. The van der Waals surface area contributed by atoms with Crippen LogP contribution in [0, 0.1) is 0 Å². The first-order valence-corrected chi connectivity index (χ1v) is 8.37. The highest BCUT2D eigenvalue weighted by molar-refractivity contribution is 8.14. The van der Waals surface area contributed by atoms with Gasteiger partial charge in [-0.3, -0.25) is 4.99 Å². The molecule has 0 unspecified atom stereocenters. The minimum absolute atomic E-state index is 0.343. The highest BCUT2D eigenvalue weighted by atomic mass is 32.2. The molecule has 108 valence electrons. The van der Waals surface area contributed by atoms with Crippen molar-refractivity contribution in [3.05, 3.63) is 29.8 Å². The maximum atomic E-state index is 5.25. The number of amidine groups is 1. The molecule has 0 aromatic heterocycles. The first-order valence-electron chi connectivity index (χ1n) is 7.38. The van der Waals surface area contributed by atoms with Gasteiger partial charge in [-0.25, -0.2) is 0 Å². The molecule has 0 amide bonds. The fourth-order valence-corrected chi connectivity index (χ4v) is 4.24. The van der Waals surface area contributed by atoms with E-state index in [0.717, 1.165) is 17.5 Å². The van der Waals surface area contributed by atoms with Gasteiger partial charge in [0.2, 0.25) is 0 Å². The number of aliphatic imine (C=N–C) groups is 1. The molecule has 2 aliphatic rings. The van der Waals surface area contributed by atoms with Crippen LogP contribution in [-0.2, 0) is 6.54 Å². The summed E-state index contributed by atoms with van der Waals surface area (Å²) in [7, 11) is 1.70. The van der Waals surface area contributed by atoms with Crippen LogP contribution in [0.1, 0.15) is 37.7 Å². The van der Waals surface area contributed by atoms with E-state index in [1.165, 1.54) is 43.4 Å². The molecule has 1 N–H and O–H groups in total. The van der Waals surface area contributed by atoms with E-state index in [1.807, 2.05) is 23.9 Å². The summed E-state index contributed by atoms with van der Waals surface area (Å²) in [6.07, 6.45) is 6.72. The number of nitrogens with zero attached hydrogens (tertiary/aromatic N) is 1. The van der Waals surface area contributed by atoms with Gasteiger partial charge in [-0.05, 0) is 30.5 Å². The summed E-state index contributed by atoms with van der Waals surface area (Å²) in [5, 5.41) is 4.81. The Morgan fingerprint density at radius 3 is 2.95 bits per heavy atom. The van der Waals surface area contributed by atoms with Crippen molar-refractivity contribution in [2.45, 2.75) is 44.2 Å². The Balaban J connectivity index is 1.62. The molecule has 1 heterocycles. The third-order valence-corrected chi connectivity index (χ3v) is 5.41. The second-order valence-electron chi connectivity index (χ2n) is 5.73. The number of rotatable bonds is 3. The van der Waals surface area contributed by atoms with Gasteiger partial charge in [0, 0.05) is 11.3 Å². The minimum atomic E-state index is 0.343. The smallest absolute Gasteiger partial charge is 0.157 e. The molecule has 3 rings (SSSR count). The van der Waals surface area contributed by atoms with Gasteiger partial charge in [0.15, 0.2) is 5.17 Å². The van der Waals surface area contributed by atoms with Gasteiger partial charge < -0.3 is 10.1 Å². The van der Waals surface area contributed by atoms with Gasteiger partial charge in [-0.2, -0.15) is 0 Å². The number of thioether (sulfide) groups is 1. The van der Waals surface area contributed by atoms with Crippen molar-refractivity contribution in [2.24, 2.45) is 4.99 Å². The van der Waals surface area contributed by atoms with E-state index in [4.69, 9.17) is 9.73 Å². The van der Waals surface area contributed by atoms with Crippen LogP contribution in [0.4, 0.5) is 0 Å². The molecule has 2 fully saturated rings. The van der Waals surface area contributed by atoms with E-state index in [2.05, 4.69) is 17.4 Å². The monoisotopic (exact) mass is 290 g/mol. The van der Waals surface area contributed by atoms with Crippen LogP contribution < -0.4 is 10.1 Å². The zero-order valence-corrected chi connectivity index (χ0v) is 12.8. The molecule has 0 radical (unpaired) electrons. The topological polar surface area (TPSA) is 33.6 Å². The van der Waals surface area contributed by atoms with E-state index in [9.17, 15) is 0 Å². The van der Waals surface area contributed by atoms with Crippen LogP contribution in [0.25, 0.3) is 0 Å². The van der Waals surface area contributed by atoms with Gasteiger partial charge in [0.25, 0.3) is 0 Å². The number of hydrogen-bond donors (Lipinski definition) is 1. The van der Waals surface area contributed by atoms with Crippen LogP contribution in [-0.4, -0.2) is 23.6 Å². The quantitative estimate of drug-likeness (QED) is 0.923. The SMILES string of the molecule is COc1cccc(CN=C2NC3(CCCCC3)CS2)c1. The lowest BCUT2D eigenvalue weighted by atomic mass is 9.83. The molecule has 1 aromatic carbocycles. The summed E-state index contributed by atoms with van der Waals surface area (Å²) in [5.41, 5.74) is 1.54. The van der Waals surface area contributed by atoms with Crippen molar-refractivity contribution in [3.8, 4) is 5.75 Å². The van der Waals surface area contributed by atoms with Crippen molar-refractivity contribution in [2.75, 3.05) is 12.9 Å². The predicted octanol–water partition coefficient (Wildman–Crippen LogP) is 3.59. The number of benzene rings is 1. The lowest BCUT2D eigenvalue weighted by molar-refractivity contribution is 0.303. The fourth-order valence-electron chi connectivity index (χ4n) is 3.02. The van der Waals surface area contributed by atoms with E-state index >= 15 is 0 Å².